The molecule has 1 aliphatic rings. The number of ether oxygens (including phenoxy) is 2. The molecule has 26 heavy (non-hydrogen) atoms. The number of hydrogen-bond donors (Lipinski definition) is 1. The van der Waals surface area contributed by atoms with Crippen molar-refractivity contribution in [1.82, 2.24) is 4.57 Å². The number of rotatable bonds is 3. The number of hydrogen-bond acceptors (Lipinski definition) is 4. The zero-order valence-corrected chi connectivity index (χ0v) is 14.5. The molecule has 6 nitrogen and oxygen atoms in total. The van der Waals surface area contributed by atoms with Crippen molar-refractivity contribution in [3.63, 3.8) is 0 Å². The van der Waals surface area contributed by atoms with Gasteiger partial charge in [0.2, 0.25) is 6.79 Å². The van der Waals surface area contributed by atoms with Crippen LogP contribution >= 0.6 is 0 Å². The Hall–Kier alpha value is -3.28. The fraction of sp³-hybridized carbons (Fsp3) is 0.200. The number of benzene rings is 2. The number of fused-ring (bicyclic) bond motifs is 2. The van der Waals surface area contributed by atoms with Gasteiger partial charge in [-0.25, -0.2) is 0 Å². The van der Waals surface area contributed by atoms with Gasteiger partial charge in [0, 0.05) is 34.8 Å². The van der Waals surface area contributed by atoms with Gasteiger partial charge in [-0.2, -0.15) is 0 Å². The standard InChI is InChI=1S/C20H18N2O4/c1-12(2)22-10-16(14-5-3-4-6-15(14)20(22)24)19(23)21-13-7-8-17-18(9-13)26-11-25-17/h3-10,12H,11H2,1-2H3,(H,21,23). The first kappa shape index (κ1) is 16.2. The summed E-state index contributed by atoms with van der Waals surface area (Å²) in [5, 5.41) is 4.04. The van der Waals surface area contributed by atoms with E-state index in [0.717, 1.165) is 0 Å². The van der Waals surface area contributed by atoms with Crippen LogP contribution in [0.4, 0.5) is 5.69 Å². The zero-order valence-electron chi connectivity index (χ0n) is 14.5. The van der Waals surface area contributed by atoms with Gasteiger partial charge in [-0.1, -0.05) is 18.2 Å². The van der Waals surface area contributed by atoms with Gasteiger partial charge in [0.1, 0.15) is 0 Å². The average Bonchev–Trinajstić information content (AvgIpc) is 3.09. The molecule has 0 spiro atoms. The summed E-state index contributed by atoms with van der Waals surface area (Å²) in [7, 11) is 0. The van der Waals surface area contributed by atoms with Crippen molar-refractivity contribution in [3.8, 4) is 11.5 Å². The van der Waals surface area contributed by atoms with Crippen LogP contribution in [0.25, 0.3) is 10.8 Å². The van der Waals surface area contributed by atoms with E-state index in [1.807, 2.05) is 19.9 Å². The van der Waals surface area contributed by atoms with Crippen LogP contribution in [-0.2, 0) is 0 Å². The Labute approximate surface area is 150 Å². The number of aromatic nitrogens is 1. The number of pyridine rings is 1. The second kappa shape index (κ2) is 6.22. The van der Waals surface area contributed by atoms with Crippen molar-refractivity contribution < 1.29 is 14.3 Å². The molecule has 0 bridgehead atoms. The van der Waals surface area contributed by atoms with Gasteiger partial charge < -0.3 is 19.4 Å². The summed E-state index contributed by atoms with van der Waals surface area (Å²) in [6.45, 7) is 4.00. The van der Waals surface area contributed by atoms with Crippen LogP contribution in [0.3, 0.4) is 0 Å². The van der Waals surface area contributed by atoms with E-state index in [2.05, 4.69) is 5.32 Å². The van der Waals surface area contributed by atoms with E-state index in [1.54, 1.807) is 47.2 Å². The van der Waals surface area contributed by atoms with Crippen LogP contribution in [0.15, 0.2) is 53.5 Å². The minimum atomic E-state index is -0.283. The molecule has 0 saturated carbocycles. The van der Waals surface area contributed by atoms with Gasteiger partial charge in [0.15, 0.2) is 11.5 Å². The van der Waals surface area contributed by atoms with E-state index in [0.29, 0.717) is 33.5 Å². The molecule has 1 N–H and O–H groups in total. The van der Waals surface area contributed by atoms with E-state index in [9.17, 15) is 9.59 Å². The van der Waals surface area contributed by atoms with Gasteiger partial charge in [0.25, 0.3) is 11.5 Å². The minimum absolute atomic E-state index is 0.0517. The van der Waals surface area contributed by atoms with Crippen LogP contribution in [-0.4, -0.2) is 17.3 Å². The van der Waals surface area contributed by atoms with Gasteiger partial charge >= 0.3 is 0 Å². The highest BCUT2D eigenvalue weighted by molar-refractivity contribution is 6.12. The van der Waals surface area contributed by atoms with Crippen molar-refractivity contribution in [3.05, 3.63) is 64.6 Å². The summed E-state index contributed by atoms with van der Waals surface area (Å²) in [6, 6.07) is 12.3. The predicted octanol–water partition coefficient (Wildman–Crippen LogP) is 3.56. The molecule has 6 heteroatoms. The molecule has 4 rings (SSSR count). The van der Waals surface area contributed by atoms with Crippen LogP contribution in [0.2, 0.25) is 0 Å². The summed E-state index contributed by atoms with van der Waals surface area (Å²) in [4.78, 5) is 25.5. The molecule has 1 amide bonds. The van der Waals surface area contributed by atoms with Crippen LogP contribution in [0.1, 0.15) is 30.2 Å². The fourth-order valence-corrected chi connectivity index (χ4v) is 3.05. The second-order valence-electron chi connectivity index (χ2n) is 6.42. The maximum atomic E-state index is 12.9. The van der Waals surface area contributed by atoms with Crippen LogP contribution in [0, 0.1) is 0 Å². The van der Waals surface area contributed by atoms with Crippen molar-refractivity contribution in [2.24, 2.45) is 0 Å². The molecule has 0 aliphatic carbocycles. The Bertz CT molecular complexity index is 1070. The number of carbonyl (C=O) groups excluding carboxylic acids is 1. The topological polar surface area (TPSA) is 69.6 Å². The molecule has 2 aromatic carbocycles. The van der Waals surface area contributed by atoms with Crippen LogP contribution in [0.5, 0.6) is 11.5 Å². The lowest BCUT2D eigenvalue weighted by Gasteiger charge is -2.15. The Morgan fingerprint density at radius 2 is 1.81 bits per heavy atom. The lowest BCUT2D eigenvalue weighted by Crippen LogP contribution is -2.25. The molecule has 1 aromatic heterocycles. The summed E-state index contributed by atoms with van der Waals surface area (Å²) < 4.78 is 12.2. The molecule has 2 heterocycles. The molecule has 0 radical (unpaired) electrons. The number of nitrogens with one attached hydrogen (secondary N) is 1. The van der Waals surface area contributed by atoms with E-state index in [1.165, 1.54) is 0 Å². The highest BCUT2D eigenvalue weighted by atomic mass is 16.7. The predicted molar refractivity (Wildman–Crippen MR) is 99.1 cm³/mol. The third-order valence-corrected chi connectivity index (χ3v) is 4.38. The monoisotopic (exact) mass is 350 g/mol. The van der Waals surface area contributed by atoms with Crippen molar-refractivity contribution in [2.45, 2.75) is 19.9 Å². The Morgan fingerprint density at radius 3 is 2.58 bits per heavy atom. The highest BCUT2D eigenvalue weighted by Crippen LogP contribution is 2.34. The first-order valence-electron chi connectivity index (χ1n) is 8.39. The van der Waals surface area contributed by atoms with E-state index in [4.69, 9.17) is 9.47 Å². The van der Waals surface area contributed by atoms with E-state index in [-0.39, 0.29) is 24.3 Å². The van der Waals surface area contributed by atoms with Gasteiger partial charge in [0.05, 0.1) is 5.56 Å². The second-order valence-corrected chi connectivity index (χ2v) is 6.42. The molecule has 132 valence electrons. The number of carbonyl (C=O) groups is 1. The van der Waals surface area contributed by atoms with Gasteiger partial charge in [-0.15, -0.1) is 0 Å². The Morgan fingerprint density at radius 1 is 1.08 bits per heavy atom. The highest BCUT2D eigenvalue weighted by Gasteiger charge is 2.18. The molecular formula is C20H18N2O4. The maximum absolute atomic E-state index is 12.9. The van der Waals surface area contributed by atoms with Gasteiger partial charge in [-0.3, -0.25) is 9.59 Å². The number of amides is 1. The summed E-state index contributed by atoms with van der Waals surface area (Å²) >= 11 is 0. The fourth-order valence-electron chi connectivity index (χ4n) is 3.05. The summed E-state index contributed by atoms with van der Waals surface area (Å²) in [5.74, 6) is 0.969. The zero-order chi connectivity index (χ0) is 18.3. The first-order valence-corrected chi connectivity index (χ1v) is 8.39. The molecule has 0 atom stereocenters. The lowest BCUT2D eigenvalue weighted by molar-refractivity contribution is 0.102. The molecule has 0 unspecified atom stereocenters. The minimum Gasteiger partial charge on any atom is -0.454 e. The smallest absolute Gasteiger partial charge is 0.258 e. The van der Waals surface area contributed by atoms with Crippen molar-refractivity contribution in [2.75, 3.05) is 12.1 Å². The number of nitrogens with zero attached hydrogens (tertiary/aromatic N) is 1. The average molecular weight is 350 g/mol. The van der Waals surface area contributed by atoms with Crippen molar-refractivity contribution in [1.29, 1.82) is 0 Å². The molecule has 1 aliphatic heterocycles. The molecular weight excluding hydrogens is 332 g/mol. The number of anilines is 1. The Kier molecular flexibility index (Phi) is 3.88. The third kappa shape index (κ3) is 2.69. The van der Waals surface area contributed by atoms with Gasteiger partial charge in [-0.05, 0) is 32.0 Å². The summed E-state index contributed by atoms with van der Waals surface area (Å²) in [6.07, 6.45) is 1.62. The third-order valence-electron chi connectivity index (χ3n) is 4.38. The SMILES string of the molecule is CC(C)n1cc(C(=O)Nc2ccc3c(c2)OCO3)c2ccccc2c1=O. The van der Waals surface area contributed by atoms with E-state index < -0.39 is 0 Å². The molecule has 3 aromatic rings. The first-order chi connectivity index (χ1) is 12.5. The lowest BCUT2D eigenvalue weighted by atomic mass is 10.1. The van der Waals surface area contributed by atoms with E-state index >= 15 is 0 Å². The quantitative estimate of drug-likeness (QED) is 0.784. The largest absolute Gasteiger partial charge is 0.454 e. The molecule has 0 saturated heterocycles. The maximum Gasteiger partial charge on any atom is 0.258 e. The summed E-state index contributed by atoms with van der Waals surface area (Å²) in [5.41, 5.74) is 0.951. The molecule has 0 fully saturated rings. The van der Waals surface area contributed by atoms with Crippen LogP contribution < -0.4 is 20.3 Å². The normalized spacial score (nSPS) is 12.6. The van der Waals surface area contributed by atoms with Crippen molar-refractivity contribution >= 4 is 22.4 Å². The Balaban J connectivity index is 1.77.